The maximum absolute atomic E-state index is 11.0. The SMILES string of the molecule is O=[N+]([O-])c1ccc(-[n+]2ccccc2)c(N=Cc2ccccc2)c1. The molecule has 0 aliphatic rings. The highest BCUT2D eigenvalue weighted by molar-refractivity contribution is 5.83. The summed E-state index contributed by atoms with van der Waals surface area (Å²) in [5.41, 5.74) is 2.27. The number of nitro benzene ring substituents is 1. The zero-order valence-corrected chi connectivity index (χ0v) is 12.2. The molecule has 23 heavy (non-hydrogen) atoms. The van der Waals surface area contributed by atoms with E-state index < -0.39 is 4.92 Å². The highest BCUT2D eigenvalue weighted by atomic mass is 16.6. The van der Waals surface area contributed by atoms with Crippen molar-refractivity contribution in [1.82, 2.24) is 0 Å². The zero-order valence-electron chi connectivity index (χ0n) is 12.2. The fourth-order valence-corrected chi connectivity index (χ4v) is 2.19. The number of nitro groups is 1. The Morgan fingerprint density at radius 1 is 0.957 bits per heavy atom. The Balaban J connectivity index is 2.06. The highest BCUT2D eigenvalue weighted by Crippen LogP contribution is 2.25. The summed E-state index contributed by atoms with van der Waals surface area (Å²) < 4.78 is 1.88. The van der Waals surface area contributed by atoms with E-state index in [2.05, 4.69) is 4.99 Å². The average molecular weight is 304 g/mol. The van der Waals surface area contributed by atoms with Crippen LogP contribution in [0.2, 0.25) is 0 Å². The first-order chi connectivity index (χ1) is 11.2. The summed E-state index contributed by atoms with van der Waals surface area (Å²) in [4.78, 5) is 15.1. The van der Waals surface area contributed by atoms with Gasteiger partial charge in [0.1, 0.15) is 5.69 Å². The molecule has 0 saturated heterocycles. The first-order valence-corrected chi connectivity index (χ1v) is 7.08. The Bertz CT molecular complexity index is 847. The molecule has 0 aliphatic heterocycles. The Hall–Kier alpha value is -3.34. The van der Waals surface area contributed by atoms with Crippen LogP contribution < -0.4 is 4.57 Å². The molecule has 112 valence electrons. The predicted octanol–water partition coefficient (Wildman–Crippen LogP) is 3.62. The molecule has 0 bridgehead atoms. The van der Waals surface area contributed by atoms with Crippen molar-refractivity contribution in [3.05, 3.63) is 94.8 Å². The van der Waals surface area contributed by atoms with Crippen LogP contribution in [0.1, 0.15) is 5.56 Å². The van der Waals surface area contributed by atoms with Crippen LogP contribution in [0.25, 0.3) is 5.69 Å². The maximum Gasteiger partial charge on any atom is 0.272 e. The van der Waals surface area contributed by atoms with Crippen LogP contribution in [0.15, 0.2) is 84.1 Å². The molecule has 5 heteroatoms. The summed E-state index contributed by atoms with van der Waals surface area (Å²) in [7, 11) is 0. The minimum Gasteiger partial charge on any atom is -0.258 e. The fourth-order valence-electron chi connectivity index (χ4n) is 2.19. The van der Waals surface area contributed by atoms with E-state index >= 15 is 0 Å². The van der Waals surface area contributed by atoms with Crippen LogP contribution in [0.4, 0.5) is 11.4 Å². The first kappa shape index (κ1) is 14.6. The number of pyridine rings is 1. The molecular weight excluding hydrogens is 290 g/mol. The van der Waals surface area contributed by atoms with Crippen molar-refractivity contribution in [2.24, 2.45) is 4.99 Å². The molecule has 1 aromatic heterocycles. The Morgan fingerprint density at radius 2 is 1.65 bits per heavy atom. The van der Waals surface area contributed by atoms with Gasteiger partial charge in [0, 0.05) is 36.5 Å². The number of benzene rings is 2. The highest BCUT2D eigenvalue weighted by Gasteiger charge is 2.16. The van der Waals surface area contributed by atoms with Gasteiger partial charge in [0.25, 0.3) is 5.69 Å². The molecule has 5 nitrogen and oxygen atoms in total. The van der Waals surface area contributed by atoms with Crippen LogP contribution in [0.5, 0.6) is 0 Å². The van der Waals surface area contributed by atoms with E-state index in [-0.39, 0.29) is 5.69 Å². The van der Waals surface area contributed by atoms with E-state index in [4.69, 9.17) is 0 Å². The second-order valence-electron chi connectivity index (χ2n) is 4.88. The number of aromatic nitrogens is 1. The normalized spacial score (nSPS) is 10.8. The smallest absolute Gasteiger partial charge is 0.258 e. The molecule has 0 aliphatic carbocycles. The lowest BCUT2D eigenvalue weighted by Gasteiger charge is -2.00. The number of nitrogens with zero attached hydrogens (tertiary/aromatic N) is 3. The van der Waals surface area contributed by atoms with Crippen molar-refractivity contribution in [1.29, 1.82) is 0 Å². The quantitative estimate of drug-likeness (QED) is 0.320. The van der Waals surface area contributed by atoms with Crippen LogP contribution in [-0.4, -0.2) is 11.1 Å². The molecule has 0 unspecified atom stereocenters. The van der Waals surface area contributed by atoms with Gasteiger partial charge in [0.2, 0.25) is 5.69 Å². The van der Waals surface area contributed by atoms with Gasteiger partial charge in [-0.3, -0.25) is 10.1 Å². The Labute approximate surface area is 133 Å². The Morgan fingerprint density at radius 3 is 2.35 bits per heavy atom. The van der Waals surface area contributed by atoms with Crippen LogP contribution >= 0.6 is 0 Å². The van der Waals surface area contributed by atoms with E-state index in [9.17, 15) is 10.1 Å². The molecule has 0 saturated carbocycles. The summed E-state index contributed by atoms with van der Waals surface area (Å²) in [5, 5.41) is 11.0. The van der Waals surface area contributed by atoms with Crippen molar-refractivity contribution >= 4 is 17.6 Å². The van der Waals surface area contributed by atoms with Crippen LogP contribution in [-0.2, 0) is 0 Å². The number of aliphatic imine (C=N–C) groups is 1. The van der Waals surface area contributed by atoms with Crippen LogP contribution in [0.3, 0.4) is 0 Å². The van der Waals surface area contributed by atoms with E-state index in [0.29, 0.717) is 5.69 Å². The van der Waals surface area contributed by atoms with Gasteiger partial charge in [-0.1, -0.05) is 36.4 Å². The molecule has 0 N–H and O–H groups in total. The Kier molecular flexibility index (Phi) is 4.20. The standard InChI is InChI=1S/C18H14N3O2/c22-21(23)16-9-10-18(20-11-5-2-6-12-20)17(13-16)19-14-15-7-3-1-4-8-15/h1-14H/q+1. The number of hydrogen-bond acceptors (Lipinski definition) is 3. The van der Waals surface area contributed by atoms with E-state index in [1.54, 1.807) is 12.3 Å². The first-order valence-electron chi connectivity index (χ1n) is 7.08. The third-order valence-electron chi connectivity index (χ3n) is 3.32. The second-order valence-corrected chi connectivity index (χ2v) is 4.88. The van der Waals surface area contributed by atoms with Gasteiger partial charge in [-0.15, -0.1) is 0 Å². The van der Waals surface area contributed by atoms with Gasteiger partial charge in [0.05, 0.1) is 4.92 Å². The van der Waals surface area contributed by atoms with Gasteiger partial charge in [0.15, 0.2) is 12.4 Å². The summed E-state index contributed by atoms with van der Waals surface area (Å²) in [6.07, 6.45) is 5.46. The lowest BCUT2D eigenvalue weighted by Crippen LogP contribution is -2.29. The van der Waals surface area contributed by atoms with Crippen LogP contribution in [0, 0.1) is 10.1 Å². The molecule has 3 aromatic rings. The summed E-state index contributed by atoms with van der Waals surface area (Å²) >= 11 is 0. The van der Waals surface area contributed by atoms with Gasteiger partial charge in [-0.2, -0.15) is 4.57 Å². The monoisotopic (exact) mass is 304 g/mol. The van der Waals surface area contributed by atoms with Crippen molar-refractivity contribution < 1.29 is 9.49 Å². The van der Waals surface area contributed by atoms with Crippen molar-refractivity contribution in [2.45, 2.75) is 0 Å². The summed E-state index contributed by atoms with van der Waals surface area (Å²) in [6.45, 7) is 0. The molecule has 2 aromatic carbocycles. The van der Waals surface area contributed by atoms with Gasteiger partial charge >= 0.3 is 0 Å². The summed E-state index contributed by atoms with van der Waals surface area (Å²) in [6, 6.07) is 20.0. The molecule has 0 spiro atoms. The van der Waals surface area contributed by atoms with E-state index in [0.717, 1.165) is 11.3 Å². The average Bonchev–Trinajstić information content (AvgIpc) is 2.61. The molecule has 0 atom stereocenters. The third-order valence-corrected chi connectivity index (χ3v) is 3.32. The fraction of sp³-hybridized carbons (Fsp3) is 0. The van der Waals surface area contributed by atoms with Crippen molar-refractivity contribution in [2.75, 3.05) is 0 Å². The van der Waals surface area contributed by atoms with Crippen molar-refractivity contribution in [3.8, 4) is 5.69 Å². The largest absolute Gasteiger partial charge is 0.272 e. The minimum absolute atomic E-state index is 0.0190. The third kappa shape index (κ3) is 3.47. The second kappa shape index (κ2) is 6.62. The summed E-state index contributed by atoms with van der Waals surface area (Å²) in [5.74, 6) is 0. The van der Waals surface area contributed by atoms with Gasteiger partial charge < -0.3 is 0 Å². The number of hydrogen-bond donors (Lipinski definition) is 0. The molecule has 0 radical (unpaired) electrons. The van der Waals surface area contributed by atoms with E-state index in [1.807, 2.05) is 65.5 Å². The molecule has 0 amide bonds. The maximum atomic E-state index is 11.0. The molecular formula is C18H14N3O2+. The predicted molar refractivity (Wildman–Crippen MR) is 88.3 cm³/mol. The molecule has 0 fully saturated rings. The van der Waals surface area contributed by atoms with Crippen molar-refractivity contribution in [3.63, 3.8) is 0 Å². The van der Waals surface area contributed by atoms with E-state index in [1.165, 1.54) is 12.1 Å². The molecule has 3 rings (SSSR count). The van der Waals surface area contributed by atoms with Gasteiger partial charge in [-0.25, -0.2) is 4.99 Å². The lowest BCUT2D eigenvalue weighted by atomic mass is 10.2. The number of rotatable bonds is 4. The lowest BCUT2D eigenvalue weighted by molar-refractivity contribution is -0.595. The van der Waals surface area contributed by atoms with Gasteiger partial charge in [-0.05, 0) is 5.56 Å². The minimum atomic E-state index is -0.416. The number of non-ortho nitro benzene ring substituents is 1. The topological polar surface area (TPSA) is 59.4 Å². The molecule has 1 heterocycles. The zero-order chi connectivity index (χ0) is 16.1.